The number of hydrogen-bond donors (Lipinski definition) is 2. The lowest BCUT2D eigenvalue weighted by atomic mass is 10.2. The molecular weight excluding hydrogens is 336 g/mol. The molecule has 1 heterocycles. The molecule has 0 spiro atoms. The first kappa shape index (κ1) is 17.6. The Labute approximate surface area is 139 Å². The van der Waals surface area contributed by atoms with E-state index in [4.69, 9.17) is 4.74 Å². The Morgan fingerprint density at radius 2 is 1.96 bits per heavy atom. The van der Waals surface area contributed by atoms with Crippen LogP contribution >= 0.6 is 11.3 Å². The van der Waals surface area contributed by atoms with Gasteiger partial charge in [0.15, 0.2) is 0 Å². The van der Waals surface area contributed by atoms with E-state index < -0.39 is 10.0 Å². The van der Waals surface area contributed by atoms with Crippen molar-refractivity contribution in [3.05, 3.63) is 46.7 Å². The smallest absolute Gasteiger partial charge is 0.240 e. The number of ether oxygens (including phenoxy) is 1. The van der Waals surface area contributed by atoms with Crippen LogP contribution in [0.25, 0.3) is 0 Å². The molecule has 8 heteroatoms. The van der Waals surface area contributed by atoms with E-state index in [1.54, 1.807) is 19.2 Å². The summed E-state index contributed by atoms with van der Waals surface area (Å²) < 4.78 is 32.5. The molecule has 6 nitrogen and oxygen atoms in total. The number of carbonyl (C=O) groups is 1. The Bertz CT molecular complexity index is 740. The summed E-state index contributed by atoms with van der Waals surface area (Å²) in [4.78, 5) is 11.1. The number of nitrogens with one attached hydrogen (secondary N) is 2. The summed E-state index contributed by atoms with van der Waals surface area (Å²) in [7, 11) is -2.10. The zero-order valence-electron chi connectivity index (χ0n) is 12.8. The van der Waals surface area contributed by atoms with Crippen LogP contribution in [0.2, 0.25) is 0 Å². The highest BCUT2D eigenvalue weighted by Gasteiger charge is 2.18. The van der Waals surface area contributed by atoms with E-state index in [9.17, 15) is 13.2 Å². The van der Waals surface area contributed by atoms with Crippen molar-refractivity contribution < 1.29 is 17.9 Å². The van der Waals surface area contributed by atoms with Gasteiger partial charge in [-0.15, -0.1) is 0 Å². The second-order valence-corrected chi connectivity index (χ2v) is 7.39. The molecule has 0 saturated carbocycles. The summed E-state index contributed by atoms with van der Waals surface area (Å²) in [5.74, 6) is -0.211. The van der Waals surface area contributed by atoms with Gasteiger partial charge in [0.25, 0.3) is 0 Å². The summed E-state index contributed by atoms with van der Waals surface area (Å²) in [6, 6.07) is 7.88. The van der Waals surface area contributed by atoms with Crippen LogP contribution in [0.15, 0.2) is 46.0 Å². The Hall–Kier alpha value is -1.74. The van der Waals surface area contributed by atoms with Gasteiger partial charge in [0, 0.05) is 26.3 Å². The number of hydrogen-bond acceptors (Lipinski definition) is 5. The van der Waals surface area contributed by atoms with Gasteiger partial charge >= 0.3 is 0 Å². The monoisotopic (exact) mass is 354 g/mol. The van der Waals surface area contributed by atoms with Crippen molar-refractivity contribution in [2.45, 2.75) is 17.9 Å². The van der Waals surface area contributed by atoms with Gasteiger partial charge in [-0.05, 0) is 46.7 Å². The van der Waals surface area contributed by atoms with Gasteiger partial charge in [-0.25, -0.2) is 13.1 Å². The van der Waals surface area contributed by atoms with E-state index in [1.807, 2.05) is 16.8 Å². The molecule has 1 amide bonds. The first-order valence-electron chi connectivity index (χ1n) is 6.84. The van der Waals surface area contributed by atoms with Crippen LogP contribution in [-0.2, 0) is 19.6 Å². The normalized spacial score (nSPS) is 12.8. The molecule has 0 saturated heterocycles. The first-order valence-corrected chi connectivity index (χ1v) is 9.27. The maximum atomic E-state index is 12.3. The van der Waals surface area contributed by atoms with Crippen molar-refractivity contribution in [2.24, 2.45) is 0 Å². The van der Waals surface area contributed by atoms with Crippen LogP contribution < -0.4 is 10.0 Å². The van der Waals surface area contributed by atoms with E-state index >= 15 is 0 Å². The van der Waals surface area contributed by atoms with Crippen LogP contribution in [0.4, 0.5) is 5.69 Å². The number of benzene rings is 1. The third kappa shape index (κ3) is 4.87. The molecule has 2 N–H and O–H groups in total. The lowest BCUT2D eigenvalue weighted by Gasteiger charge is -2.15. The van der Waals surface area contributed by atoms with Crippen molar-refractivity contribution in [1.82, 2.24) is 4.72 Å². The molecule has 2 rings (SSSR count). The van der Waals surface area contributed by atoms with E-state index in [0.717, 1.165) is 5.56 Å². The zero-order chi connectivity index (χ0) is 16.9. The van der Waals surface area contributed by atoms with Crippen LogP contribution in [0.5, 0.6) is 0 Å². The highest BCUT2D eigenvalue weighted by molar-refractivity contribution is 7.89. The highest BCUT2D eigenvalue weighted by atomic mass is 32.2. The quantitative estimate of drug-likeness (QED) is 0.799. The standard InChI is InChI=1S/C15H18N2O4S2/c1-11(18)17-13-3-5-14(6-4-13)23(19,20)16-9-15(21-2)12-7-8-22-10-12/h3-8,10,15-16H,9H2,1-2H3,(H,17,18). The van der Waals surface area contributed by atoms with Crippen molar-refractivity contribution in [1.29, 1.82) is 0 Å². The number of rotatable bonds is 7. The maximum absolute atomic E-state index is 12.3. The number of amides is 1. The molecule has 0 aliphatic carbocycles. The maximum Gasteiger partial charge on any atom is 0.240 e. The third-order valence-electron chi connectivity index (χ3n) is 3.14. The molecule has 1 atom stereocenters. The molecule has 0 radical (unpaired) electrons. The fraction of sp³-hybridized carbons (Fsp3) is 0.267. The Morgan fingerprint density at radius 3 is 2.48 bits per heavy atom. The number of carbonyl (C=O) groups excluding carboxylic acids is 1. The lowest BCUT2D eigenvalue weighted by Crippen LogP contribution is -2.29. The average Bonchev–Trinajstić information content (AvgIpc) is 3.02. The fourth-order valence-corrected chi connectivity index (χ4v) is 3.72. The fourth-order valence-electron chi connectivity index (χ4n) is 1.98. The first-order chi connectivity index (χ1) is 10.9. The molecule has 0 bridgehead atoms. The van der Waals surface area contributed by atoms with Gasteiger partial charge < -0.3 is 10.1 Å². The number of anilines is 1. The van der Waals surface area contributed by atoms with E-state index in [2.05, 4.69) is 10.0 Å². The average molecular weight is 354 g/mol. The molecule has 2 aromatic rings. The summed E-state index contributed by atoms with van der Waals surface area (Å²) in [5, 5.41) is 6.42. The van der Waals surface area contributed by atoms with Crippen molar-refractivity contribution in [3.63, 3.8) is 0 Å². The van der Waals surface area contributed by atoms with Crippen molar-refractivity contribution in [2.75, 3.05) is 19.0 Å². The minimum atomic E-state index is -3.64. The van der Waals surface area contributed by atoms with Gasteiger partial charge in [0.2, 0.25) is 15.9 Å². The number of sulfonamides is 1. The molecule has 1 unspecified atom stereocenters. The molecule has 1 aromatic carbocycles. The second kappa shape index (κ2) is 7.69. The third-order valence-corrected chi connectivity index (χ3v) is 5.28. The molecule has 0 aliphatic heterocycles. The van der Waals surface area contributed by atoms with Gasteiger partial charge in [-0.1, -0.05) is 0 Å². The second-order valence-electron chi connectivity index (χ2n) is 4.84. The largest absolute Gasteiger partial charge is 0.375 e. The van der Waals surface area contributed by atoms with Gasteiger partial charge in [0.1, 0.15) is 0 Å². The molecule has 1 aromatic heterocycles. The van der Waals surface area contributed by atoms with Crippen LogP contribution in [0.3, 0.4) is 0 Å². The van der Waals surface area contributed by atoms with Crippen LogP contribution in [-0.4, -0.2) is 28.0 Å². The van der Waals surface area contributed by atoms with Gasteiger partial charge in [0.05, 0.1) is 11.0 Å². The summed E-state index contributed by atoms with van der Waals surface area (Å²) in [6.45, 7) is 1.53. The van der Waals surface area contributed by atoms with Gasteiger partial charge in [-0.3, -0.25) is 4.79 Å². The summed E-state index contributed by atoms with van der Waals surface area (Å²) >= 11 is 1.53. The Kier molecular flexibility index (Phi) is 5.89. The Morgan fingerprint density at radius 1 is 1.26 bits per heavy atom. The van der Waals surface area contributed by atoms with Crippen molar-refractivity contribution >= 4 is 33.0 Å². The number of methoxy groups -OCH3 is 1. The molecular formula is C15H18N2O4S2. The molecule has 23 heavy (non-hydrogen) atoms. The van der Waals surface area contributed by atoms with E-state index in [1.165, 1.54) is 30.4 Å². The predicted molar refractivity (Wildman–Crippen MR) is 90.0 cm³/mol. The van der Waals surface area contributed by atoms with E-state index in [0.29, 0.717) is 5.69 Å². The van der Waals surface area contributed by atoms with E-state index in [-0.39, 0.29) is 23.5 Å². The Balaban J connectivity index is 2.05. The minimum Gasteiger partial charge on any atom is -0.375 e. The summed E-state index contributed by atoms with van der Waals surface area (Å²) in [5.41, 5.74) is 1.48. The molecule has 124 valence electrons. The SMILES string of the molecule is COC(CNS(=O)(=O)c1ccc(NC(C)=O)cc1)c1ccsc1. The zero-order valence-corrected chi connectivity index (χ0v) is 14.4. The minimum absolute atomic E-state index is 0.131. The van der Waals surface area contributed by atoms with Crippen LogP contribution in [0.1, 0.15) is 18.6 Å². The molecule has 0 fully saturated rings. The van der Waals surface area contributed by atoms with Gasteiger partial charge in [-0.2, -0.15) is 11.3 Å². The highest BCUT2D eigenvalue weighted by Crippen LogP contribution is 2.20. The topological polar surface area (TPSA) is 84.5 Å². The predicted octanol–water partition coefficient (Wildman–Crippen LogP) is 2.37. The lowest BCUT2D eigenvalue weighted by molar-refractivity contribution is -0.114. The molecule has 0 aliphatic rings. The van der Waals surface area contributed by atoms with Crippen molar-refractivity contribution in [3.8, 4) is 0 Å². The summed E-state index contributed by atoms with van der Waals surface area (Å²) in [6.07, 6.45) is -0.338. The van der Waals surface area contributed by atoms with Crippen LogP contribution in [0, 0.1) is 0 Å². The number of thiophene rings is 1.